The molecule has 0 atom stereocenters. The monoisotopic (exact) mass is 430 g/mol. The van der Waals surface area contributed by atoms with E-state index in [4.69, 9.17) is 9.47 Å². The van der Waals surface area contributed by atoms with Crippen molar-refractivity contribution in [3.05, 3.63) is 90.0 Å². The molecule has 0 unspecified atom stereocenters. The van der Waals surface area contributed by atoms with Crippen molar-refractivity contribution in [2.24, 2.45) is 0 Å². The number of amides is 2. The number of anilines is 1. The van der Waals surface area contributed by atoms with Crippen molar-refractivity contribution in [1.82, 2.24) is 4.90 Å². The van der Waals surface area contributed by atoms with Gasteiger partial charge in [0.05, 0.1) is 7.11 Å². The van der Waals surface area contributed by atoms with Crippen LogP contribution in [0.5, 0.6) is 11.5 Å². The maximum Gasteiger partial charge on any atom is 0.259 e. The molecule has 0 aliphatic carbocycles. The van der Waals surface area contributed by atoms with Gasteiger partial charge in [-0.25, -0.2) is 0 Å². The van der Waals surface area contributed by atoms with Gasteiger partial charge in [0.15, 0.2) is 6.61 Å². The molecule has 3 aromatic carbocycles. The highest BCUT2D eigenvalue weighted by atomic mass is 16.5. The summed E-state index contributed by atoms with van der Waals surface area (Å²) in [7, 11) is 4.95. The highest BCUT2D eigenvalue weighted by Gasteiger charge is 2.14. The van der Waals surface area contributed by atoms with Gasteiger partial charge in [-0.2, -0.15) is 0 Å². The maximum absolute atomic E-state index is 13.2. The first-order valence-corrected chi connectivity index (χ1v) is 10.1. The Morgan fingerprint density at radius 1 is 0.906 bits per heavy atom. The van der Waals surface area contributed by atoms with Gasteiger partial charge < -0.3 is 19.7 Å². The lowest BCUT2D eigenvalue weighted by atomic mass is 10.0. The predicted molar refractivity (Wildman–Crippen MR) is 127 cm³/mol. The lowest BCUT2D eigenvalue weighted by Gasteiger charge is -2.13. The third-order valence-electron chi connectivity index (χ3n) is 4.74. The molecule has 0 aliphatic rings. The second-order valence-electron chi connectivity index (χ2n) is 7.22. The van der Waals surface area contributed by atoms with Crippen LogP contribution < -0.4 is 14.8 Å². The summed E-state index contributed by atoms with van der Waals surface area (Å²) in [5, 5.41) is 2.93. The van der Waals surface area contributed by atoms with E-state index in [1.54, 1.807) is 45.5 Å². The molecule has 0 radical (unpaired) electrons. The molecule has 0 spiro atoms. The quantitative estimate of drug-likeness (QED) is 0.426. The zero-order chi connectivity index (χ0) is 22.9. The highest BCUT2D eigenvalue weighted by Crippen LogP contribution is 2.26. The molecule has 2 amide bonds. The minimum Gasteiger partial charge on any atom is -0.496 e. The Morgan fingerprint density at radius 2 is 1.56 bits per heavy atom. The molecular weight excluding hydrogens is 404 g/mol. The first-order chi connectivity index (χ1) is 15.5. The Balaban J connectivity index is 1.80. The van der Waals surface area contributed by atoms with E-state index in [9.17, 15) is 9.59 Å². The second-order valence-corrected chi connectivity index (χ2v) is 7.22. The lowest BCUT2D eigenvalue weighted by Crippen LogP contribution is -2.27. The van der Waals surface area contributed by atoms with E-state index in [0.717, 1.165) is 11.1 Å². The minimum atomic E-state index is -0.251. The second kappa shape index (κ2) is 10.8. The van der Waals surface area contributed by atoms with E-state index in [2.05, 4.69) is 5.32 Å². The fourth-order valence-corrected chi connectivity index (χ4v) is 2.95. The van der Waals surface area contributed by atoms with Crippen LogP contribution in [-0.4, -0.2) is 44.5 Å². The van der Waals surface area contributed by atoms with E-state index in [1.165, 1.54) is 4.90 Å². The smallest absolute Gasteiger partial charge is 0.259 e. The summed E-state index contributed by atoms with van der Waals surface area (Å²) in [5.74, 6) is 0.850. The van der Waals surface area contributed by atoms with Gasteiger partial charge in [0.1, 0.15) is 11.5 Å². The summed E-state index contributed by atoms with van der Waals surface area (Å²) in [4.78, 5) is 26.3. The Morgan fingerprint density at radius 3 is 2.22 bits per heavy atom. The molecular formula is C26H26N2O4. The predicted octanol–water partition coefficient (Wildman–Crippen LogP) is 4.34. The Bertz CT molecular complexity index is 1090. The van der Waals surface area contributed by atoms with Crippen molar-refractivity contribution in [1.29, 1.82) is 0 Å². The Kier molecular flexibility index (Phi) is 7.65. The summed E-state index contributed by atoms with van der Waals surface area (Å²) >= 11 is 0. The summed E-state index contributed by atoms with van der Waals surface area (Å²) in [6, 6.07) is 23.9. The molecule has 164 valence electrons. The molecule has 6 heteroatoms. The van der Waals surface area contributed by atoms with E-state index >= 15 is 0 Å². The zero-order valence-corrected chi connectivity index (χ0v) is 18.4. The zero-order valence-electron chi connectivity index (χ0n) is 18.4. The summed E-state index contributed by atoms with van der Waals surface area (Å²) in [6.07, 6.45) is 1.81. The molecule has 0 fully saturated rings. The van der Waals surface area contributed by atoms with Crippen molar-refractivity contribution in [2.45, 2.75) is 0 Å². The number of ether oxygens (including phenoxy) is 2. The highest BCUT2D eigenvalue weighted by molar-refractivity contribution is 6.29. The van der Waals surface area contributed by atoms with Gasteiger partial charge in [0, 0.05) is 30.9 Å². The van der Waals surface area contributed by atoms with Crippen LogP contribution in [0.3, 0.4) is 0 Å². The molecule has 0 aliphatic heterocycles. The van der Waals surface area contributed by atoms with Crippen LogP contribution in [0.1, 0.15) is 11.1 Å². The summed E-state index contributed by atoms with van der Waals surface area (Å²) in [6.45, 7) is -0.0431. The van der Waals surface area contributed by atoms with Gasteiger partial charge >= 0.3 is 0 Å². The summed E-state index contributed by atoms with van der Waals surface area (Å²) in [5.41, 5.74) is 2.71. The number of hydrogen-bond acceptors (Lipinski definition) is 4. The molecule has 3 rings (SSSR count). The number of nitrogens with one attached hydrogen (secondary N) is 1. The number of carbonyl (C=O) groups excluding carboxylic acids is 2. The largest absolute Gasteiger partial charge is 0.496 e. The van der Waals surface area contributed by atoms with Crippen LogP contribution >= 0.6 is 0 Å². The number of methoxy groups -OCH3 is 1. The van der Waals surface area contributed by atoms with Crippen LogP contribution in [-0.2, 0) is 9.59 Å². The van der Waals surface area contributed by atoms with Crippen LogP contribution in [0.4, 0.5) is 5.69 Å². The molecule has 32 heavy (non-hydrogen) atoms. The standard InChI is InChI=1S/C26H26N2O4/c1-28(2)25(29)18-32-22-15-13-21(14-16-22)27-26(30)23(19-9-5-4-6-10-19)17-20-11-7-8-12-24(20)31-3/h4-17H,18H2,1-3H3,(H,27,30)/b23-17+. The number of hydrogen-bond donors (Lipinski definition) is 1. The average Bonchev–Trinajstić information content (AvgIpc) is 2.82. The fourth-order valence-electron chi connectivity index (χ4n) is 2.95. The molecule has 6 nitrogen and oxygen atoms in total. The van der Waals surface area contributed by atoms with Gasteiger partial charge in [-0.3, -0.25) is 9.59 Å². The van der Waals surface area contributed by atoms with Crippen molar-refractivity contribution >= 4 is 29.2 Å². The van der Waals surface area contributed by atoms with Gasteiger partial charge in [0.25, 0.3) is 11.8 Å². The van der Waals surface area contributed by atoms with Gasteiger partial charge in [0.2, 0.25) is 0 Å². The number of benzene rings is 3. The van der Waals surface area contributed by atoms with Crippen molar-refractivity contribution in [2.75, 3.05) is 33.1 Å². The van der Waals surface area contributed by atoms with Crippen LogP contribution in [0.15, 0.2) is 78.9 Å². The Hall–Kier alpha value is -4.06. The number of likely N-dealkylation sites (N-methyl/N-ethyl adjacent to an activating group) is 1. The minimum absolute atomic E-state index is 0.0431. The van der Waals surface area contributed by atoms with Gasteiger partial charge in [-0.15, -0.1) is 0 Å². The van der Waals surface area contributed by atoms with Crippen molar-refractivity contribution in [3.8, 4) is 11.5 Å². The third-order valence-corrected chi connectivity index (χ3v) is 4.74. The number of rotatable bonds is 8. The molecule has 0 bridgehead atoms. The van der Waals surface area contributed by atoms with E-state index < -0.39 is 0 Å². The van der Waals surface area contributed by atoms with Gasteiger partial charge in [-0.1, -0.05) is 48.5 Å². The fraction of sp³-hybridized carbons (Fsp3) is 0.154. The van der Waals surface area contributed by atoms with Crippen LogP contribution in [0.2, 0.25) is 0 Å². The van der Waals surface area contributed by atoms with Crippen molar-refractivity contribution < 1.29 is 19.1 Å². The maximum atomic E-state index is 13.2. The van der Waals surface area contributed by atoms with Crippen LogP contribution in [0.25, 0.3) is 11.6 Å². The topological polar surface area (TPSA) is 67.9 Å². The van der Waals surface area contributed by atoms with E-state index in [-0.39, 0.29) is 18.4 Å². The number of nitrogens with zero attached hydrogens (tertiary/aromatic N) is 1. The average molecular weight is 431 g/mol. The lowest BCUT2D eigenvalue weighted by molar-refractivity contribution is -0.130. The molecule has 0 saturated heterocycles. The third kappa shape index (κ3) is 5.98. The number of carbonyl (C=O) groups is 2. The Labute approximate surface area is 188 Å². The SMILES string of the molecule is COc1ccccc1/C=C(/C(=O)Nc1ccc(OCC(=O)N(C)C)cc1)c1ccccc1. The van der Waals surface area contributed by atoms with E-state index in [0.29, 0.717) is 22.8 Å². The van der Waals surface area contributed by atoms with Gasteiger partial charge in [-0.05, 0) is 42.0 Å². The molecule has 3 aromatic rings. The normalized spacial score (nSPS) is 10.9. The molecule has 0 aromatic heterocycles. The van der Waals surface area contributed by atoms with E-state index in [1.807, 2.05) is 60.7 Å². The molecule has 1 N–H and O–H groups in total. The number of para-hydroxylation sites is 1. The first-order valence-electron chi connectivity index (χ1n) is 10.1. The summed E-state index contributed by atoms with van der Waals surface area (Å²) < 4.78 is 10.9. The molecule has 0 saturated carbocycles. The first kappa shape index (κ1) is 22.6. The van der Waals surface area contributed by atoms with Crippen molar-refractivity contribution in [3.63, 3.8) is 0 Å². The van der Waals surface area contributed by atoms with Crippen LogP contribution in [0, 0.1) is 0 Å². The molecule has 0 heterocycles.